The SMILES string of the molecule is CCOc1ccc(C(C)(C)CCBr)cc1OCC. The third-order valence-electron chi connectivity index (χ3n) is 3.04. The number of hydrogen-bond donors (Lipinski definition) is 0. The van der Waals surface area contributed by atoms with Crippen LogP contribution in [-0.2, 0) is 5.41 Å². The average molecular weight is 315 g/mol. The molecule has 0 saturated heterocycles. The van der Waals surface area contributed by atoms with Gasteiger partial charge in [-0.25, -0.2) is 0 Å². The van der Waals surface area contributed by atoms with Gasteiger partial charge in [0.25, 0.3) is 0 Å². The van der Waals surface area contributed by atoms with Crippen molar-refractivity contribution < 1.29 is 9.47 Å². The molecule has 0 unspecified atom stereocenters. The van der Waals surface area contributed by atoms with E-state index in [4.69, 9.17) is 9.47 Å². The molecule has 0 saturated carbocycles. The molecule has 2 nitrogen and oxygen atoms in total. The zero-order valence-electron chi connectivity index (χ0n) is 11.8. The number of alkyl halides is 1. The summed E-state index contributed by atoms with van der Waals surface area (Å²) in [4.78, 5) is 0. The molecule has 0 atom stereocenters. The van der Waals surface area contributed by atoms with E-state index in [1.165, 1.54) is 5.56 Å². The van der Waals surface area contributed by atoms with Gasteiger partial charge in [0.2, 0.25) is 0 Å². The lowest BCUT2D eigenvalue weighted by molar-refractivity contribution is 0.286. The van der Waals surface area contributed by atoms with Crippen LogP contribution < -0.4 is 9.47 Å². The third kappa shape index (κ3) is 3.91. The zero-order valence-corrected chi connectivity index (χ0v) is 13.3. The van der Waals surface area contributed by atoms with E-state index in [1.54, 1.807) is 0 Å². The smallest absolute Gasteiger partial charge is 0.161 e. The second kappa shape index (κ2) is 7.03. The highest BCUT2D eigenvalue weighted by molar-refractivity contribution is 9.09. The van der Waals surface area contributed by atoms with Crippen LogP contribution in [0.4, 0.5) is 0 Å². The fourth-order valence-corrected chi connectivity index (χ4v) is 2.84. The van der Waals surface area contributed by atoms with E-state index in [0.717, 1.165) is 23.2 Å². The average Bonchev–Trinajstić information content (AvgIpc) is 2.31. The number of halogens is 1. The van der Waals surface area contributed by atoms with Gasteiger partial charge in [-0.1, -0.05) is 35.8 Å². The maximum absolute atomic E-state index is 5.67. The second-order valence-electron chi connectivity index (χ2n) is 4.85. The van der Waals surface area contributed by atoms with Gasteiger partial charge < -0.3 is 9.47 Å². The van der Waals surface area contributed by atoms with Crippen LogP contribution in [0, 0.1) is 0 Å². The van der Waals surface area contributed by atoms with Crippen molar-refractivity contribution >= 4 is 15.9 Å². The summed E-state index contributed by atoms with van der Waals surface area (Å²) in [5, 5.41) is 0.997. The molecule has 0 radical (unpaired) electrons. The van der Waals surface area contributed by atoms with E-state index in [2.05, 4.69) is 41.9 Å². The first-order valence-electron chi connectivity index (χ1n) is 6.51. The van der Waals surface area contributed by atoms with Crippen LogP contribution >= 0.6 is 15.9 Å². The van der Waals surface area contributed by atoms with Crippen molar-refractivity contribution in [1.29, 1.82) is 0 Å². The molecule has 0 aliphatic heterocycles. The molecule has 0 spiro atoms. The maximum Gasteiger partial charge on any atom is 0.161 e. The summed E-state index contributed by atoms with van der Waals surface area (Å²) >= 11 is 3.52. The Morgan fingerprint density at radius 1 is 1.06 bits per heavy atom. The Morgan fingerprint density at radius 2 is 1.67 bits per heavy atom. The van der Waals surface area contributed by atoms with Crippen LogP contribution in [0.5, 0.6) is 11.5 Å². The Hall–Kier alpha value is -0.700. The first kappa shape index (κ1) is 15.4. The molecule has 0 fully saturated rings. The number of hydrogen-bond acceptors (Lipinski definition) is 2. The Labute approximate surface area is 119 Å². The molecular formula is C15H23BrO2. The quantitative estimate of drug-likeness (QED) is 0.687. The second-order valence-corrected chi connectivity index (χ2v) is 5.64. The lowest BCUT2D eigenvalue weighted by atomic mass is 9.82. The van der Waals surface area contributed by atoms with Gasteiger partial charge in [-0.3, -0.25) is 0 Å². The molecule has 1 aromatic rings. The number of rotatable bonds is 7. The summed E-state index contributed by atoms with van der Waals surface area (Å²) in [5.41, 5.74) is 1.42. The lowest BCUT2D eigenvalue weighted by Crippen LogP contribution is -2.17. The van der Waals surface area contributed by atoms with Crippen molar-refractivity contribution in [1.82, 2.24) is 0 Å². The highest BCUT2D eigenvalue weighted by Gasteiger charge is 2.21. The summed E-state index contributed by atoms with van der Waals surface area (Å²) in [6, 6.07) is 6.26. The molecular weight excluding hydrogens is 292 g/mol. The summed E-state index contributed by atoms with van der Waals surface area (Å²) in [6.07, 6.45) is 1.09. The molecule has 1 rings (SSSR count). The van der Waals surface area contributed by atoms with Gasteiger partial charge in [0.15, 0.2) is 11.5 Å². The predicted octanol–water partition coefficient (Wildman–Crippen LogP) is 4.55. The van der Waals surface area contributed by atoms with Crippen molar-refractivity contribution in [2.45, 2.75) is 39.5 Å². The van der Waals surface area contributed by atoms with Crippen molar-refractivity contribution in [2.75, 3.05) is 18.5 Å². The van der Waals surface area contributed by atoms with Crippen LogP contribution in [-0.4, -0.2) is 18.5 Å². The molecule has 3 heteroatoms. The number of ether oxygens (including phenoxy) is 2. The fourth-order valence-electron chi connectivity index (χ4n) is 1.85. The topological polar surface area (TPSA) is 18.5 Å². The summed E-state index contributed by atoms with van der Waals surface area (Å²) in [7, 11) is 0. The Kier molecular flexibility index (Phi) is 6.00. The van der Waals surface area contributed by atoms with Crippen LogP contribution in [0.15, 0.2) is 18.2 Å². The van der Waals surface area contributed by atoms with Crippen molar-refractivity contribution in [2.24, 2.45) is 0 Å². The van der Waals surface area contributed by atoms with E-state index in [1.807, 2.05) is 19.9 Å². The number of benzene rings is 1. The minimum absolute atomic E-state index is 0.139. The standard InChI is InChI=1S/C15H23BrO2/c1-5-17-13-8-7-12(11-14(13)18-6-2)15(3,4)9-10-16/h7-8,11H,5-6,9-10H2,1-4H3. The van der Waals surface area contributed by atoms with Crippen LogP contribution in [0.25, 0.3) is 0 Å². The first-order chi connectivity index (χ1) is 8.55. The minimum atomic E-state index is 0.139. The van der Waals surface area contributed by atoms with E-state index in [0.29, 0.717) is 13.2 Å². The van der Waals surface area contributed by atoms with Crippen LogP contribution in [0.1, 0.15) is 39.7 Å². The monoisotopic (exact) mass is 314 g/mol. The van der Waals surface area contributed by atoms with Crippen molar-refractivity contribution in [3.63, 3.8) is 0 Å². The van der Waals surface area contributed by atoms with Gasteiger partial charge in [-0.2, -0.15) is 0 Å². The maximum atomic E-state index is 5.67. The molecule has 0 aliphatic rings. The van der Waals surface area contributed by atoms with Crippen molar-refractivity contribution in [3.8, 4) is 11.5 Å². The van der Waals surface area contributed by atoms with Gasteiger partial charge in [0.05, 0.1) is 13.2 Å². The minimum Gasteiger partial charge on any atom is -0.490 e. The summed E-state index contributed by atoms with van der Waals surface area (Å²) in [6.45, 7) is 9.79. The van der Waals surface area contributed by atoms with Gasteiger partial charge in [0, 0.05) is 5.33 Å². The highest BCUT2D eigenvalue weighted by Crippen LogP contribution is 2.35. The van der Waals surface area contributed by atoms with E-state index in [9.17, 15) is 0 Å². The normalized spacial score (nSPS) is 11.4. The van der Waals surface area contributed by atoms with E-state index in [-0.39, 0.29) is 5.41 Å². The van der Waals surface area contributed by atoms with Crippen LogP contribution in [0.2, 0.25) is 0 Å². The Bertz CT molecular complexity index is 375. The molecule has 0 aliphatic carbocycles. The van der Waals surface area contributed by atoms with Crippen molar-refractivity contribution in [3.05, 3.63) is 23.8 Å². The van der Waals surface area contributed by atoms with E-state index < -0.39 is 0 Å². The highest BCUT2D eigenvalue weighted by atomic mass is 79.9. The lowest BCUT2D eigenvalue weighted by Gasteiger charge is -2.25. The van der Waals surface area contributed by atoms with Gasteiger partial charge in [0.1, 0.15) is 0 Å². The summed E-state index contributed by atoms with van der Waals surface area (Å²) < 4.78 is 11.2. The largest absolute Gasteiger partial charge is 0.490 e. The third-order valence-corrected chi connectivity index (χ3v) is 3.44. The Morgan fingerprint density at radius 3 is 2.22 bits per heavy atom. The molecule has 0 amide bonds. The molecule has 0 aromatic heterocycles. The van der Waals surface area contributed by atoms with Gasteiger partial charge in [-0.15, -0.1) is 0 Å². The predicted molar refractivity (Wildman–Crippen MR) is 80.2 cm³/mol. The molecule has 18 heavy (non-hydrogen) atoms. The molecule has 102 valence electrons. The first-order valence-corrected chi connectivity index (χ1v) is 7.63. The van der Waals surface area contributed by atoms with Crippen LogP contribution in [0.3, 0.4) is 0 Å². The molecule has 0 N–H and O–H groups in total. The summed E-state index contributed by atoms with van der Waals surface area (Å²) in [5.74, 6) is 1.68. The fraction of sp³-hybridized carbons (Fsp3) is 0.600. The van der Waals surface area contributed by atoms with E-state index >= 15 is 0 Å². The molecule has 1 aromatic carbocycles. The van der Waals surface area contributed by atoms with Gasteiger partial charge in [-0.05, 0) is 43.4 Å². The molecule has 0 heterocycles. The zero-order chi connectivity index (χ0) is 13.6. The molecule has 0 bridgehead atoms. The van der Waals surface area contributed by atoms with Gasteiger partial charge >= 0.3 is 0 Å². The Balaban J connectivity index is 3.05.